The quantitative estimate of drug-likeness (QED) is 0.700. The molecule has 0 radical (unpaired) electrons. The molecule has 1 N–H and O–H groups in total. The van der Waals surface area contributed by atoms with Gasteiger partial charge in [0.2, 0.25) is 5.91 Å². The van der Waals surface area contributed by atoms with Crippen LogP contribution in [0, 0.1) is 18.3 Å². The highest BCUT2D eigenvalue weighted by Crippen LogP contribution is 2.28. The number of benzene rings is 2. The van der Waals surface area contributed by atoms with Gasteiger partial charge >= 0.3 is 0 Å². The average Bonchev–Trinajstić information content (AvgIpc) is 2.64. The topological polar surface area (TPSA) is 80.6 Å². The minimum absolute atomic E-state index is 0.154. The minimum Gasteiger partial charge on any atom is -0.493 e. The van der Waals surface area contributed by atoms with E-state index in [-0.39, 0.29) is 12.3 Å². The maximum absolute atomic E-state index is 11.3. The van der Waals surface area contributed by atoms with Gasteiger partial charge in [-0.25, -0.2) is 0 Å². The zero-order chi connectivity index (χ0) is 18.8. The molecule has 136 valence electrons. The molecular formula is C20H22N2O4. The number of rotatable bonds is 9. The molecule has 26 heavy (non-hydrogen) atoms. The lowest BCUT2D eigenvalue weighted by molar-refractivity contribution is -0.120. The summed E-state index contributed by atoms with van der Waals surface area (Å²) in [5.41, 5.74) is 2.00. The molecule has 0 heterocycles. The molecule has 0 saturated carbocycles. The normalized spacial score (nSPS) is 9.88. The van der Waals surface area contributed by atoms with Crippen molar-refractivity contribution in [1.29, 1.82) is 5.26 Å². The van der Waals surface area contributed by atoms with Crippen LogP contribution in [0.5, 0.6) is 17.2 Å². The number of methoxy groups -OCH3 is 1. The first-order chi connectivity index (χ1) is 12.6. The zero-order valence-electron chi connectivity index (χ0n) is 15.0. The third kappa shape index (κ3) is 6.02. The van der Waals surface area contributed by atoms with Crippen molar-refractivity contribution < 1.29 is 19.0 Å². The van der Waals surface area contributed by atoms with Crippen molar-refractivity contribution in [3.05, 3.63) is 53.6 Å². The van der Waals surface area contributed by atoms with Crippen LogP contribution in [0.25, 0.3) is 0 Å². The Morgan fingerprint density at radius 3 is 2.65 bits per heavy atom. The van der Waals surface area contributed by atoms with Gasteiger partial charge in [-0.2, -0.15) is 5.26 Å². The summed E-state index contributed by atoms with van der Waals surface area (Å²) in [6, 6.07) is 15.1. The van der Waals surface area contributed by atoms with Crippen LogP contribution in [0.3, 0.4) is 0 Å². The van der Waals surface area contributed by atoms with Crippen LogP contribution < -0.4 is 19.5 Å². The molecule has 0 unspecified atom stereocenters. The number of nitrogens with one attached hydrogen (secondary N) is 1. The molecule has 0 saturated heterocycles. The molecule has 0 atom stereocenters. The first-order valence-electron chi connectivity index (χ1n) is 8.25. The lowest BCUT2D eigenvalue weighted by atomic mass is 10.2. The lowest BCUT2D eigenvalue weighted by Gasteiger charge is -2.13. The van der Waals surface area contributed by atoms with E-state index in [9.17, 15) is 4.79 Å². The highest BCUT2D eigenvalue weighted by molar-refractivity contribution is 5.77. The van der Waals surface area contributed by atoms with Gasteiger partial charge in [-0.05, 0) is 42.3 Å². The third-order valence-electron chi connectivity index (χ3n) is 3.56. The lowest BCUT2D eigenvalue weighted by Crippen LogP contribution is -2.21. The van der Waals surface area contributed by atoms with Crippen LogP contribution in [0.1, 0.15) is 17.5 Å². The second kappa shape index (κ2) is 9.94. The largest absolute Gasteiger partial charge is 0.493 e. The Hall–Kier alpha value is -3.20. The van der Waals surface area contributed by atoms with Gasteiger partial charge in [-0.1, -0.05) is 18.2 Å². The molecule has 0 spiro atoms. The number of aryl methyl sites for hydroxylation is 1. The number of nitriles is 1. The van der Waals surface area contributed by atoms with Crippen molar-refractivity contribution in [2.75, 3.05) is 20.3 Å². The number of hydrogen-bond acceptors (Lipinski definition) is 5. The number of carbonyl (C=O) groups is 1. The Morgan fingerprint density at radius 2 is 1.92 bits per heavy atom. The Labute approximate surface area is 153 Å². The molecule has 2 rings (SSSR count). The molecule has 1 amide bonds. The van der Waals surface area contributed by atoms with E-state index in [0.717, 1.165) is 16.9 Å². The van der Waals surface area contributed by atoms with Crippen LogP contribution >= 0.6 is 0 Å². The van der Waals surface area contributed by atoms with Crippen LogP contribution in [0.4, 0.5) is 0 Å². The first-order valence-corrected chi connectivity index (χ1v) is 8.25. The van der Waals surface area contributed by atoms with Crippen LogP contribution in [-0.4, -0.2) is 26.2 Å². The van der Waals surface area contributed by atoms with Gasteiger partial charge in [0.05, 0.1) is 13.2 Å². The van der Waals surface area contributed by atoms with E-state index in [1.54, 1.807) is 19.2 Å². The molecule has 2 aromatic rings. The first kappa shape index (κ1) is 19.1. The van der Waals surface area contributed by atoms with E-state index in [1.807, 2.05) is 43.3 Å². The molecular weight excluding hydrogens is 332 g/mol. The van der Waals surface area contributed by atoms with Gasteiger partial charge in [-0.3, -0.25) is 4.79 Å². The van der Waals surface area contributed by atoms with Crippen LogP contribution in [0.15, 0.2) is 42.5 Å². The van der Waals surface area contributed by atoms with E-state index in [0.29, 0.717) is 31.3 Å². The molecule has 6 nitrogen and oxygen atoms in total. The monoisotopic (exact) mass is 354 g/mol. The Bertz CT molecular complexity index is 784. The number of nitrogens with zero attached hydrogens (tertiary/aromatic N) is 1. The van der Waals surface area contributed by atoms with E-state index in [1.165, 1.54) is 0 Å². The highest BCUT2D eigenvalue weighted by Gasteiger charge is 2.07. The van der Waals surface area contributed by atoms with E-state index in [2.05, 4.69) is 5.32 Å². The summed E-state index contributed by atoms with van der Waals surface area (Å²) in [5.74, 6) is 1.68. The summed E-state index contributed by atoms with van der Waals surface area (Å²) < 4.78 is 16.7. The SMILES string of the molecule is COc1cc(CNC(=O)CC#N)ccc1OCCOc1cccc(C)c1. The van der Waals surface area contributed by atoms with Gasteiger partial charge in [0.15, 0.2) is 11.5 Å². The van der Waals surface area contributed by atoms with Crippen molar-refractivity contribution in [3.8, 4) is 23.3 Å². The molecule has 0 bridgehead atoms. The molecule has 0 aliphatic carbocycles. The Morgan fingerprint density at radius 1 is 1.12 bits per heavy atom. The molecule has 0 aliphatic rings. The highest BCUT2D eigenvalue weighted by atomic mass is 16.5. The minimum atomic E-state index is -0.305. The summed E-state index contributed by atoms with van der Waals surface area (Å²) in [5, 5.41) is 11.2. The van der Waals surface area contributed by atoms with Crippen LogP contribution in [0.2, 0.25) is 0 Å². The maximum Gasteiger partial charge on any atom is 0.234 e. The fourth-order valence-electron chi connectivity index (χ4n) is 2.29. The fourth-order valence-corrected chi connectivity index (χ4v) is 2.29. The van der Waals surface area contributed by atoms with Crippen molar-refractivity contribution in [1.82, 2.24) is 5.32 Å². The van der Waals surface area contributed by atoms with Crippen molar-refractivity contribution in [3.63, 3.8) is 0 Å². The third-order valence-corrected chi connectivity index (χ3v) is 3.56. The summed E-state index contributed by atoms with van der Waals surface area (Å²) in [4.78, 5) is 11.3. The van der Waals surface area contributed by atoms with Crippen LogP contribution in [-0.2, 0) is 11.3 Å². The maximum atomic E-state index is 11.3. The average molecular weight is 354 g/mol. The van der Waals surface area contributed by atoms with Gasteiger partial charge in [0.25, 0.3) is 0 Å². The Balaban J connectivity index is 1.85. The summed E-state index contributed by atoms with van der Waals surface area (Å²) in [7, 11) is 1.56. The number of hydrogen-bond donors (Lipinski definition) is 1. The predicted octanol–water partition coefficient (Wildman–Crippen LogP) is 2.99. The summed E-state index contributed by atoms with van der Waals surface area (Å²) >= 11 is 0. The summed E-state index contributed by atoms with van der Waals surface area (Å²) in [6.07, 6.45) is -0.154. The molecule has 0 fully saturated rings. The molecule has 2 aromatic carbocycles. The molecule has 0 aromatic heterocycles. The van der Waals surface area contributed by atoms with Gasteiger partial charge in [0, 0.05) is 6.54 Å². The number of amides is 1. The Kier molecular flexibility index (Phi) is 7.31. The van der Waals surface area contributed by atoms with Crippen molar-refractivity contribution in [2.45, 2.75) is 19.9 Å². The fraction of sp³-hybridized carbons (Fsp3) is 0.300. The smallest absolute Gasteiger partial charge is 0.234 e. The number of ether oxygens (including phenoxy) is 3. The molecule has 6 heteroatoms. The van der Waals surface area contributed by atoms with Gasteiger partial charge in [-0.15, -0.1) is 0 Å². The van der Waals surface area contributed by atoms with Crippen molar-refractivity contribution >= 4 is 5.91 Å². The zero-order valence-corrected chi connectivity index (χ0v) is 15.0. The summed E-state index contributed by atoms with van der Waals surface area (Å²) in [6.45, 7) is 3.13. The predicted molar refractivity (Wildman–Crippen MR) is 97.2 cm³/mol. The number of carbonyl (C=O) groups excluding carboxylic acids is 1. The van der Waals surface area contributed by atoms with E-state index in [4.69, 9.17) is 19.5 Å². The van der Waals surface area contributed by atoms with Crippen molar-refractivity contribution in [2.24, 2.45) is 0 Å². The standard InChI is InChI=1S/C20H22N2O4/c1-15-4-3-5-17(12-15)25-10-11-26-18-7-6-16(13-19(18)24-2)14-22-20(23)8-9-21/h3-7,12-13H,8,10-11,14H2,1-2H3,(H,22,23). The van der Waals surface area contributed by atoms with Gasteiger partial charge in [0.1, 0.15) is 25.4 Å². The van der Waals surface area contributed by atoms with Gasteiger partial charge < -0.3 is 19.5 Å². The van der Waals surface area contributed by atoms with E-state index >= 15 is 0 Å². The second-order valence-corrected chi connectivity index (χ2v) is 5.61. The van der Waals surface area contributed by atoms with E-state index < -0.39 is 0 Å². The second-order valence-electron chi connectivity index (χ2n) is 5.61. The molecule has 0 aliphatic heterocycles.